The number of rotatable bonds is 2. The van der Waals surface area contributed by atoms with Gasteiger partial charge >= 0.3 is 12.1 Å². The van der Waals surface area contributed by atoms with Crippen LogP contribution in [0.2, 0.25) is 0 Å². The SMILES string of the molecule is COC(=O)c1cc(C(=O)C(F)(F)F)ccc1O. The number of benzene rings is 1. The minimum atomic E-state index is -5.04. The number of carbonyl (C=O) groups excluding carboxylic acids is 2. The number of alkyl halides is 3. The van der Waals surface area contributed by atoms with Gasteiger partial charge in [-0.25, -0.2) is 4.79 Å². The number of carbonyl (C=O) groups is 2. The zero-order valence-electron chi connectivity index (χ0n) is 8.54. The Bertz CT molecular complexity index is 465. The number of phenolic OH excluding ortho intramolecular Hbond substituents is 1. The summed E-state index contributed by atoms with van der Waals surface area (Å²) in [4.78, 5) is 22.0. The molecule has 0 bridgehead atoms. The number of Topliss-reactive ketones (excluding diaryl/α,β-unsaturated/α-hetero) is 1. The molecule has 7 heteroatoms. The Hall–Kier alpha value is -2.05. The van der Waals surface area contributed by atoms with E-state index in [0.717, 1.165) is 19.2 Å². The van der Waals surface area contributed by atoms with E-state index in [1.807, 2.05) is 0 Å². The minimum Gasteiger partial charge on any atom is -0.507 e. The zero-order chi connectivity index (χ0) is 13.2. The van der Waals surface area contributed by atoms with Crippen molar-refractivity contribution in [2.75, 3.05) is 7.11 Å². The van der Waals surface area contributed by atoms with E-state index in [2.05, 4.69) is 4.74 Å². The summed E-state index contributed by atoms with van der Waals surface area (Å²) in [6.07, 6.45) is -5.04. The van der Waals surface area contributed by atoms with Gasteiger partial charge in [0.2, 0.25) is 0 Å². The number of methoxy groups -OCH3 is 1. The summed E-state index contributed by atoms with van der Waals surface area (Å²) in [6.45, 7) is 0. The molecule has 1 aromatic rings. The van der Waals surface area contributed by atoms with Crippen molar-refractivity contribution < 1.29 is 32.6 Å². The fourth-order valence-electron chi connectivity index (χ4n) is 1.11. The lowest BCUT2D eigenvalue weighted by Crippen LogP contribution is -2.23. The van der Waals surface area contributed by atoms with Gasteiger partial charge in [-0.2, -0.15) is 13.2 Å². The Morgan fingerprint density at radius 1 is 1.29 bits per heavy atom. The summed E-state index contributed by atoms with van der Waals surface area (Å²) in [7, 11) is 1.00. The van der Waals surface area contributed by atoms with Gasteiger partial charge in [0.05, 0.1) is 7.11 Å². The van der Waals surface area contributed by atoms with Crippen LogP contribution in [0.5, 0.6) is 5.75 Å². The molecule has 0 saturated heterocycles. The molecule has 0 heterocycles. The summed E-state index contributed by atoms with van der Waals surface area (Å²) in [6, 6.07) is 2.24. The summed E-state index contributed by atoms with van der Waals surface area (Å²) < 4.78 is 40.6. The van der Waals surface area contributed by atoms with E-state index in [1.54, 1.807) is 0 Å². The molecule has 92 valence electrons. The summed E-state index contributed by atoms with van der Waals surface area (Å²) in [5.41, 5.74) is -1.24. The first-order valence-corrected chi connectivity index (χ1v) is 4.30. The number of ketones is 1. The Morgan fingerprint density at radius 3 is 2.35 bits per heavy atom. The van der Waals surface area contributed by atoms with Crippen LogP contribution < -0.4 is 0 Å². The highest BCUT2D eigenvalue weighted by Gasteiger charge is 2.39. The molecule has 1 N–H and O–H groups in total. The van der Waals surface area contributed by atoms with Crippen molar-refractivity contribution in [1.82, 2.24) is 0 Å². The monoisotopic (exact) mass is 248 g/mol. The second-order valence-corrected chi connectivity index (χ2v) is 3.05. The van der Waals surface area contributed by atoms with Crippen molar-refractivity contribution in [3.8, 4) is 5.75 Å². The maximum Gasteiger partial charge on any atom is 0.454 e. The number of ether oxygens (including phenoxy) is 1. The maximum absolute atomic E-state index is 12.1. The van der Waals surface area contributed by atoms with Gasteiger partial charge in [0.25, 0.3) is 5.78 Å². The lowest BCUT2D eigenvalue weighted by atomic mass is 10.1. The maximum atomic E-state index is 12.1. The molecule has 0 atom stereocenters. The van der Waals surface area contributed by atoms with Crippen LogP contribution in [-0.4, -0.2) is 30.1 Å². The first-order chi connectivity index (χ1) is 7.77. The third-order valence-electron chi connectivity index (χ3n) is 1.92. The molecule has 0 aliphatic heterocycles. The van der Waals surface area contributed by atoms with Crippen molar-refractivity contribution in [2.24, 2.45) is 0 Å². The van der Waals surface area contributed by atoms with Crippen LogP contribution in [0.3, 0.4) is 0 Å². The summed E-state index contributed by atoms with van der Waals surface area (Å²) >= 11 is 0. The average molecular weight is 248 g/mol. The molecule has 0 aromatic heterocycles. The lowest BCUT2D eigenvalue weighted by molar-refractivity contribution is -0.0885. The van der Waals surface area contributed by atoms with Crippen LogP contribution in [0.15, 0.2) is 18.2 Å². The van der Waals surface area contributed by atoms with Crippen LogP contribution in [-0.2, 0) is 4.74 Å². The van der Waals surface area contributed by atoms with Gasteiger partial charge < -0.3 is 9.84 Å². The van der Waals surface area contributed by atoms with Crippen LogP contribution in [0.1, 0.15) is 20.7 Å². The standard InChI is InChI=1S/C10H7F3O4/c1-17-9(16)6-4-5(2-3-7(6)14)8(15)10(11,12)13/h2-4,14H,1H3. The average Bonchev–Trinajstić information content (AvgIpc) is 2.26. The Balaban J connectivity index is 3.22. The molecule has 4 nitrogen and oxygen atoms in total. The van der Waals surface area contributed by atoms with Crippen molar-refractivity contribution in [3.63, 3.8) is 0 Å². The fourth-order valence-corrected chi connectivity index (χ4v) is 1.11. The quantitative estimate of drug-likeness (QED) is 0.641. The molecule has 1 rings (SSSR count). The highest BCUT2D eigenvalue weighted by Crippen LogP contribution is 2.25. The molecular formula is C10H7F3O4. The predicted octanol–water partition coefficient (Wildman–Crippen LogP) is 1.92. The van der Waals surface area contributed by atoms with Gasteiger partial charge in [0.15, 0.2) is 0 Å². The number of phenols is 1. The minimum absolute atomic E-state index is 0.498. The molecule has 17 heavy (non-hydrogen) atoms. The molecule has 0 aliphatic rings. The van der Waals surface area contributed by atoms with Gasteiger partial charge in [-0.3, -0.25) is 4.79 Å². The Morgan fingerprint density at radius 2 is 1.88 bits per heavy atom. The van der Waals surface area contributed by atoms with E-state index in [4.69, 9.17) is 0 Å². The van der Waals surface area contributed by atoms with E-state index >= 15 is 0 Å². The second-order valence-electron chi connectivity index (χ2n) is 3.05. The van der Waals surface area contributed by atoms with Crippen LogP contribution in [0.4, 0.5) is 13.2 Å². The number of hydrogen-bond donors (Lipinski definition) is 1. The third-order valence-corrected chi connectivity index (χ3v) is 1.92. The van der Waals surface area contributed by atoms with Crippen molar-refractivity contribution in [1.29, 1.82) is 0 Å². The van der Waals surface area contributed by atoms with E-state index in [-0.39, 0.29) is 0 Å². The molecule has 0 spiro atoms. The normalized spacial score (nSPS) is 11.1. The molecule has 0 unspecified atom stereocenters. The molecule has 0 saturated carbocycles. The van der Waals surface area contributed by atoms with Gasteiger partial charge in [-0.1, -0.05) is 0 Å². The van der Waals surface area contributed by atoms with Crippen LogP contribution >= 0.6 is 0 Å². The van der Waals surface area contributed by atoms with Crippen LogP contribution in [0, 0.1) is 0 Å². The Labute approximate surface area is 93.6 Å². The number of aromatic hydroxyl groups is 1. The molecular weight excluding hydrogens is 241 g/mol. The van der Waals surface area contributed by atoms with E-state index < -0.39 is 34.8 Å². The topological polar surface area (TPSA) is 63.6 Å². The molecule has 0 radical (unpaired) electrons. The van der Waals surface area contributed by atoms with E-state index in [0.29, 0.717) is 6.07 Å². The second kappa shape index (κ2) is 4.44. The largest absolute Gasteiger partial charge is 0.507 e. The van der Waals surface area contributed by atoms with Crippen molar-refractivity contribution in [2.45, 2.75) is 6.18 Å². The first-order valence-electron chi connectivity index (χ1n) is 4.30. The molecule has 0 fully saturated rings. The van der Waals surface area contributed by atoms with Crippen molar-refractivity contribution in [3.05, 3.63) is 29.3 Å². The van der Waals surface area contributed by atoms with Gasteiger partial charge in [0, 0.05) is 5.56 Å². The highest BCUT2D eigenvalue weighted by atomic mass is 19.4. The number of esters is 1. The molecule has 0 aliphatic carbocycles. The number of hydrogen-bond acceptors (Lipinski definition) is 4. The molecule has 0 amide bonds. The van der Waals surface area contributed by atoms with E-state index in [9.17, 15) is 27.9 Å². The fraction of sp³-hybridized carbons (Fsp3) is 0.200. The lowest BCUT2D eigenvalue weighted by Gasteiger charge is -2.07. The number of halogens is 3. The van der Waals surface area contributed by atoms with Crippen LogP contribution in [0.25, 0.3) is 0 Å². The van der Waals surface area contributed by atoms with Gasteiger partial charge in [0.1, 0.15) is 11.3 Å². The third kappa shape index (κ3) is 2.74. The van der Waals surface area contributed by atoms with E-state index in [1.165, 1.54) is 0 Å². The predicted molar refractivity (Wildman–Crippen MR) is 49.8 cm³/mol. The summed E-state index contributed by atoms with van der Waals surface area (Å²) in [5, 5.41) is 9.23. The van der Waals surface area contributed by atoms with Gasteiger partial charge in [-0.15, -0.1) is 0 Å². The smallest absolute Gasteiger partial charge is 0.454 e. The molecule has 1 aromatic carbocycles. The highest BCUT2D eigenvalue weighted by molar-refractivity contribution is 6.03. The van der Waals surface area contributed by atoms with Crippen molar-refractivity contribution >= 4 is 11.8 Å². The first kappa shape index (κ1) is 13.0. The summed E-state index contributed by atoms with van der Waals surface area (Å²) in [5.74, 6) is -3.68. The zero-order valence-corrected chi connectivity index (χ0v) is 8.54. The van der Waals surface area contributed by atoms with Gasteiger partial charge in [-0.05, 0) is 18.2 Å². The Kier molecular flexibility index (Phi) is 3.40.